The zero-order valence-corrected chi connectivity index (χ0v) is 15.6. The minimum Gasteiger partial charge on any atom is -0.297 e. The number of hydrogen-bond donors (Lipinski definition) is 0. The highest BCUT2D eigenvalue weighted by molar-refractivity contribution is 7.90. The van der Waals surface area contributed by atoms with Crippen molar-refractivity contribution < 1.29 is 13.2 Å². The second-order valence-corrected chi connectivity index (χ2v) is 8.26. The van der Waals surface area contributed by atoms with Gasteiger partial charge in [0, 0.05) is 10.7 Å². The minimum absolute atomic E-state index is 0.00585. The van der Waals surface area contributed by atoms with E-state index in [1.54, 1.807) is 24.3 Å². The lowest BCUT2D eigenvalue weighted by Gasteiger charge is -2.04. The maximum absolute atomic E-state index is 12.6. The van der Waals surface area contributed by atoms with Crippen LogP contribution in [0, 0.1) is 0 Å². The summed E-state index contributed by atoms with van der Waals surface area (Å²) < 4.78 is 30.4. The average molecular weight is 413 g/mol. The molecular weight excluding hydrogens is 403 g/mol. The molecule has 2 aromatic carbocycles. The maximum Gasteiger partial charge on any atom is 0.285 e. The molecule has 0 amide bonds. The van der Waals surface area contributed by atoms with Gasteiger partial charge in [0.25, 0.3) is 10.0 Å². The Balaban J connectivity index is 2.25. The molecule has 5 nitrogen and oxygen atoms in total. The molecular formula is C16H10Cl2N2O3S2. The summed E-state index contributed by atoms with van der Waals surface area (Å²) in [7, 11) is -3.99. The van der Waals surface area contributed by atoms with Crippen LogP contribution in [0.4, 0.5) is 0 Å². The van der Waals surface area contributed by atoms with Gasteiger partial charge in [-0.2, -0.15) is 8.42 Å². The Morgan fingerprint density at radius 1 is 1.00 bits per heavy atom. The minimum atomic E-state index is -3.99. The summed E-state index contributed by atoms with van der Waals surface area (Å²) in [4.78, 5) is 11.5. The van der Waals surface area contributed by atoms with Crippen molar-refractivity contribution in [1.82, 2.24) is 4.57 Å². The lowest BCUT2D eigenvalue weighted by molar-refractivity contribution is 0.112. The molecule has 0 N–H and O–H groups in total. The van der Waals surface area contributed by atoms with Gasteiger partial charge in [0.05, 0.1) is 4.90 Å². The molecule has 0 radical (unpaired) electrons. The molecule has 0 fully saturated rings. The number of rotatable bonds is 4. The SMILES string of the molecule is O=Cc1s/c(=N\S(=O)(=O)c2ccc(Cl)cc2)n(-c2ccccc2)c1Cl. The summed E-state index contributed by atoms with van der Waals surface area (Å²) in [5.41, 5.74) is 0.599. The van der Waals surface area contributed by atoms with Crippen LogP contribution >= 0.6 is 34.5 Å². The van der Waals surface area contributed by atoms with Crippen LogP contribution in [0.1, 0.15) is 9.67 Å². The van der Waals surface area contributed by atoms with Gasteiger partial charge in [0.2, 0.25) is 4.80 Å². The van der Waals surface area contributed by atoms with Crippen LogP contribution in [-0.4, -0.2) is 19.3 Å². The first-order chi connectivity index (χ1) is 11.9. The molecule has 128 valence electrons. The van der Waals surface area contributed by atoms with E-state index in [1.807, 2.05) is 6.07 Å². The Hall–Kier alpha value is -1.93. The van der Waals surface area contributed by atoms with E-state index >= 15 is 0 Å². The Kier molecular flexibility index (Phi) is 5.10. The highest BCUT2D eigenvalue weighted by Gasteiger charge is 2.17. The normalized spacial score (nSPS) is 12.3. The third-order valence-electron chi connectivity index (χ3n) is 3.22. The van der Waals surface area contributed by atoms with Crippen molar-refractivity contribution in [3.05, 3.63) is 74.5 Å². The van der Waals surface area contributed by atoms with E-state index < -0.39 is 10.0 Å². The molecule has 0 aliphatic carbocycles. The zero-order valence-electron chi connectivity index (χ0n) is 12.5. The molecule has 0 spiro atoms. The number of aromatic nitrogens is 1. The largest absolute Gasteiger partial charge is 0.297 e. The van der Waals surface area contributed by atoms with Crippen molar-refractivity contribution >= 4 is 50.8 Å². The molecule has 0 saturated carbocycles. The molecule has 0 unspecified atom stereocenters. The van der Waals surface area contributed by atoms with Crippen LogP contribution in [0.15, 0.2) is 63.9 Å². The van der Waals surface area contributed by atoms with Gasteiger partial charge in [-0.05, 0) is 36.4 Å². The van der Waals surface area contributed by atoms with Crippen LogP contribution in [0.25, 0.3) is 5.69 Å². The molecule has 0 aliphatic heterocycles. The predicted molar refractivity (Wildman–Crippen MR) is 98.2 cm³/mol. The van der Waals surface area contributed by atoms with Gasteiger partial charge >= 0.3 is 0 Å². The smallest absolute Gasteiger partial charge is 0.285 e. The summed E-state index contributed by atoms with van der Waals surface area (Å²) in [6.07, 6.45) is 0.570. The molecule has 3 rings (SSSR count). The van der Waals surface area contributed by atoms with Gasteiger partial charge in [-0.25, -0.2) is 0 Å². The van der Waals surface area contributed by atoms with Gasteiger partial charge in [0.1, 0.15) is 10.0 Å². The van der Waals surface area contributed by atoms with Crippen molar-refractivity contribution in [3.8, 4) is 5.69 Å². The lowest BCUT2D eigenvalue weighted by Crippen LogP contribution is -2.15. The van der Waals surface area contributed by atoms with Gasteiger partial charge < -0.3 is 0 Å². The molecule has 3 aromatic rings. The number of halogens is 2. The highest BCUT2D eigenvalue weighted by atomic mass is 35.5. The Morgan fingerprint density at radius 3 is 2.24 bits per heavy atom. The first-order valence-electron chi connectivity index (χ1n) is 6.91. The molecule has 0 atom stereocenters. The standard InChI is InChI=1S/C16H10Cl2N2O3S2/c17-11-6-8-13(9-7-11)25(22,23)19-16-20(12-4-2-1-3-5-12)15(18)14(10-21)24-16/h1-10H/b19-16-. The fraction of sp³-hybridized carbons (Fsp3) is 0. The average Bonchev–Trinajstić information content (AvgIpc) is 2.90. The van der Waals surface area contributed by atoms with Gasteiger partial charge in [-0.3, -0.25) is 9.36 Å². The topological polar surface area (TPSA) is 68.5 Å². The predicted octanol–water partition coefficient (Wildman–Crippen LogP) is 3.95. The molecule has 9 heteroatoms. The second-order valence-electron chi connectivity index (χ2n) is 4.85. The van der Waals surface area contributed by atoms with Gasteiger partial charge in [-0.15, -0.1) is 4.40 Å². The lowest BCUT2D eigenvalue weighted by atomic mass is 10.3. The van der Waals surface area contributed by atoms with E-state index in [-0.39, 0.29) is 19.7 Å². The number of sulfonamides is 1. The Bertz CT molecular complexity index is 1090. The number of para-hydroxylation sites is 1. The Labute approximate surface area is 157 Å². The molecule has 25 heavy (non-hydrogen) atoms. The number of nitrogens with zero attached hydrogens (tertiary/aromatic N) is 2. The van der Waals surface area contributed by atoms with Crippen LogP contribution in [-0.2, 0) is 10.0 Å². The molecule has 0 saturated heterocycles. The molecule has 0 aliphatic rings. The van der Waals surface area contributed by atoms with Crippen LogP contribution in [0.5, 0.6) is 0 Å². The number of aldehydes is 1. The van der Waals surface area contributed by atoms with Crippen molar-refractivity contribution in [1.29, 1.82) is 0 Å². The van der Waals surface area contributed by atoms with Crippen LogP contribution in [0.2, 0.25) is 10.2 Å². The second kappa shape index (κ2) is 7.13. The number of hydrogen-bond acceptors (Lipinski definition) is 4. The fourth-order valence-electron chi connectivity index (χ4n) is 2.08. The van der Waals surface area contributed by atoms with E-state index in [9.17, 15) is 13.2 Å². The van der Waals surface area contributed by atoms with E-state index in [2.05, 4.69) is 4.40 Å². The van der Waals surface area contributed by atoms with Crippen molar-refractivity contribution in [3.63, 3.8) is 0 Å². The number of benzene rings is 2. The monoisotopic (exact) mass is 412 g/mol. The summed E-state index contributed by atoms with van der Waals surface area (Å²) in [5, 5.41) is 0.525. The van der Waals surface area contributed by atoms with Crippen LogP contribution in [0.3, 0.4) is 0 Å². The van der Waals surface area contributed by atoms with Gasteiger partial charge in [-0.1, -0.05) is 52.7 Å². The summed E-state index contributed by atoms with van der Waals surface area (Å²) in [6, 6.07) is 14.5. The van der Waals surface area contributed by atoms with Crippen molar-refractivity contribution in [2.24, 2.45) is 4.40 Å². The number of carbonyl (C=O) groups is 1. The Morgan fingerprint density at radius 2 is 1.64 bits per heavy atom. The van der Waals surface area contributed by atoms with E-state index in [4.69, 9.17) is 23.2 Å². The molecule has 0 bridgehead atoms. The van der Waals surface area contributed by atoms with Crippen molar-refractivity contribution in [2.45, 2.75) is 4.90 Å². The number of thiazole rings is 1. The maximum atomic E-state index is 12.6. The number of carbonyl (C=O) groups excluding carboxylic acids is 1. The highest BCUT2D eigenvalue weighted by Crippen LogP contribution is 2.22. The molecule has 1 aromatic heterocycles. The summed E-state index contributed by atoms with van der Waals surface area (Å²) in [5.74, 6) is 0. The summed E-state index contributed by atoms with van der Waals surface area (Å²) >= 11 is 12.9. The fourth-order valence-corrected chi connectivity index (χ4v) is 4.61. The zero-order chi connectivity index (χ0) is 18.0. The van der Waals surface area contributed by atoms with E-state index in [0.717, 1.165) is 11.3 Å². The van der Waals surface area contributed by atoms with Crippen LogP contribution < -0.4 is 4.80 Å². The molecule has 1 heterocycles. The third kappa shape index (κ3) is 3.69. The summed E-state index contributed by atoms with van der Waals surface area (Å²) in [6.45, 7) is 0. The van der Waals surface area contributed by atoms with Crippen molar-refractivity contribution in [2.75, 3.05) is 0 Å². The van der Waals surface area contributed by atoms with Gasteiger partial charge in [0.15, 0.2) is 6.29 Å². The van der Waals surface area contributed by atoms with E-state index in [1.165, 1.54) is 28.8 Å². The third-order valence-corrected chi connectivity index (χ3v) is 6.32. The first kappa shape index (κ1) is 17.9. The van der Waals surface area contributed by atoms with E-state index in [0.29, 0.717) is 17.0 Å². The quantitative estimate of drug-likeness (QED) is 0.609. The first-order valence-corrected chi connectivity index (χ1v) is 9.92.